The third kappa shape index (κ3) is 3.69. The molecule has 0 spiro atoms. The Morgan fingerprint density at radius 1 is 1.00 bits per heavy atom. The average Bonchev–Trinajstić information content (AvgIpc) is 2.95. The molecule has 23 heavy (non-hydrogen) atoms. The monoisotopic (exact) mass is 309 g/mol. The Kier molecular flexibility index (Phi) is 4.57. The molecular weight excluding hydrogens is 293 g/mol. The van der Waals surface area contributed by atoms with Crippen LogP contribution in [0.1, 0.15) is 27.3 Å². The molecule has 5 heteroatoms. The molecule has 0 bridgehead atoms. The van der Waals surface area contributed by atoms with E-state index >= 15 is 0 Å². The van der Waals surface area contributed by atoms with Crippen LogP contribution in [-0.4, -0.2) is 21.3 Å². The summed E-state index contributed by atoms with van der Waals surface area (Å²) in [6.45, 7) is 0.392. The summed E-state index contributed by atoms with van der Waals surface area (Å²) in [6.07, 6.45) is 2.16. The van der Waals surface area contributed by atoms with Gasteiger partial charge >= 0.3 is 0 Å². The van der Waals surface area contributed by atoms with Crippen molar-refractivity contribution in [1.82, 2.24) is 15.0 Å². The van der Waals surface area contributed by atoms with Crippen LogP contribution >= 0.6 is 0 Å². The summed E-state index contributed by atoms with van der Waals surface area (Å²) in [5.41, 5.74) is 3.08. The molecule has 0 saturated heterocycles. The summed E-state index contributed by atoms with van der Waals surface area (Å²) in [4.78, 5) is 11.2. The molecule has 0 aliphatic rings. The number of hydrogen-bond acceptors (Lipinski definition) is 3. The summed E-state index contributed by atoms with van der Waals surface area (Å²) in [5, 5.41) is 7.95. The van der Waals surface area contributed by atoms with E-state index in [0.29, 0.717) is 18.7 Å². The van der Waals surface area contributed by atoms with Crippen LogP contribution in [0.5, 0.6) is 0 Å². The molecule has 3 aromatic rings. The van der Waals surface area contributed by atoms with E-state index in [1.165, 1.54) is 17.7 Å². The lowest BCUT2D eigenvalue weighted by Crippen LogP contribution is -2.09. The number of hydrogen-bond donors (Lipinski definition) is 0. The summed E-state index contributed by atoms with van der Waals surface area (Å²) in [6, 6.07) is 16.4. The van der Waals surface area contributed by atoms with Crippen molar-refractivity contribution in [3.8, 4) is 0 Å². The molecule has 0 radical (unpaired) electrons. The van der Waals surface area contributed by atoms with Gasteiger partial charge in [0.1, 0.15) is 11.5 Å². The highest BCUT2D eigenvalue weighted by molar-refractivity contribution is 5.73. The van der Waals surface area contributed by atoms with Crippen LogP contribution in [0.15, 0.2) is 54.6 Å². The molecule has 2 aromatic carbocycles. The lowest BCUT2D eigenvalue weighted by Gasteiger charge is -2.07. The zero-order chi connectivity index (χ0) is 16.1. The minimum absolute atomic E-state index is 0.288. The highest BCUT2D eigenvalue weighted by Crippen LogP contribution is 2.12. The fourth-order valence-electron chi connectivity index (χ4n) is 2.54. The van der Waals surface area contributed by atoms with Crippen LogP contribution in [-0.2, 0) is 19.4 Å². The molecule has 0 amide bonds. The molecular formula is C18H16FN3O. The minimum atomic E-state index is -0.288. The van der Waals surface area contributed by atoms with E-state index in [1.54, 1.807) is 10.7 Å². The topological polar surface area (TPSA) is 47.8 Å². The summed E-state index contributed by atoms with van der Waals surface area (Å²) in [7, 11) is 0. The van der Waals surface area contributed by atoms with Gasteiger partial charge in [-0.2, -0.15) is 0 Å². The Morgan fingerprint density at radius 2 is 1.78 bits per heavy atom. The van der Waals surface area contributed by atoms with Gasteiger partial charge in [-0.15, -0.1) is 5.10 Å². The van der Waals surface area contributed by atoms with E-state index in [-0.39, 0.29) is 5.82 Å². The predicted octanol–water partition coefficient (Wildman–Crippen LogP) is 3.06. The van der Waals surface area contributed by atoms with Gasteiger partial charge in [0, 0.05) is 0 Å². The van der Waals surface area contributed by atoms with Crippen LogP contribution in [0, 0.1) is 5.82 Å². The second-order valence-corrected chi connectivity index (χ2v) is 5.31. The van der Waals surface area contributed by atoms with E-state index in [0.717, 1.165) is 24.0 Å². The lowest BCUT2D eigenvalue weighted by atomic mass is 10.1. The summed E-state index contributed by atoms with van der Waals surface area (Å²) >= 11 is 0. The first kappa shape index (κ1) is 15.1. The highest BCUT2D eigenvalue weighted by atomic mass is 19.1. The maximum Gasteiger partial charge on any atom is 0.172 e. The number of halogens is 1. The van der Waals surface area contributed by atoms with Gasteiger partial charge in [0.05, 0.1) is 12.2 Å². The van der Waals surface area contributed by atoms with E-state index in [1.807, 2.05) is 36.4 Å². The third-order valence-corrected chi connectivity index (χ3v) is 3.69. The number of rotatable bonds is 6. The SMILES string of the molecule is O=Cc1nnn(Cc2cccc(F)c2)c1CCc1ccccc1. The maximum atomic E-state index is 13.3. The van der Waals surface area contributed by atoms with E-state index in [2.05, 4.69) is 10.3 Å². The zero-order valence-corrected chi connectivity index (χ0v) is 12.5. The average molecular weight is 309 g/mol. The van der Waals surface area contributed by atoms with Crippen molar-refractivity contribution < 1.29 is 9.18 Å². The molecule has 1 heterocycles. The van der Waals surface area contributed by atoms with Crippen molar-refractivity contribution in [2.75, 3.05) is 0 Å². The smallest absolute Gasteiger partial charge is 0.172 e. The van der Waals surface area contributed by atoms with E-state index < -0.39 is 0 Å². The fraction of sp³-hybridized carbons (Fsp3) is 0.167. The van der Waals surface area contributed by atoms with Gasteiger partial charge in [-0.3, -0.25) is 4.79 Å². The molecule has 0 N–H and O–H groups in total. The lowest BCUT2D eigenvalue weighted by molar-refractivity contribution is 0.111. The Labute approximate surface area is 133 Å². The van der Waals surface area contributed by atoms with Crippen molar-refractivity contribution in [3.63, 3.8) is 0 Å². The van der Waals surface area contributed by atoms with Gasteiger partial charge in [-0.1, -0.05) is 47.7 Å². The number of benzene rings is 2. The molecule has 3 rings (SSSR count). The van der Waals surface area contributed by atoms with Gasteiger partial charge in [0.2, 0.25) is 0 Å². The Morgan fingerprint density at radius 3 is 2.52 bits per heavy atom. The van der Waals surface area contributed by atoms with Crippen LogP contribution in [0.25, 0.3) is 0 Å². The number of carbonyl (C=O) groups excluding carboxylic acids is 1. The maximum absolute atomic E-state index is 13.3. The number of carbonyl (C=O) groups is 1. The Bertz CT molecular complexity index is 799. The van der Waals surface area contributed by atoms with E-state index in [4.69, 9.17) is 0 Å². The van der Waals surface area contributed by atoms with Crippen molar-refractivity contribution in [2.45, 2.75) is 19.4 Å². The quantitative estimate of drug-likeness (QED) is 0.658. The molecule has 4 nitrogen and oxygen atoms in total. The van der Waals surface area contributed by atoms with Crippen molar-refractivity contribution in [2.24, 2.45) is 0 Å². The minimum Gasteiger partial charge on any atom is -0.296 e. The second kappa shape index (κ2) is 6.96. The van der Waals surface area contributed by atoms with Crippen LogP contribution in [0.4, 0.5) is 4.39 Å². The van der Waals surface area contributed by atoms with Crippen LogP contribution < -0.4 is 0 Å². The first-order chi connectivity index (χ1) is 11.3. The summed E-state index contributed by atoms with van der Waals surface area (Å²) in [5.74, 6) is -0.288. The molecule has 0 saturated carbocycles. The van der Waals surface area contributed by atoms with Gasteiger partial charge in [-0.05, 0) is 36.1 Å². The predicted molar refractivity (Wildman–Crippen MR) is 84.8 cm³/mol. The third-order valence-electron chi connectivity index (χ3n) is 3.69. The fourth-order valence-corrected chi connectivity index (χ4v) is 2.54. The van der Waals surface area contributed by atoms with Crippen molar-refractivity contribution >= 4 is 6.29 Å². The Balaban J connectivity index is 1.81. The molecule has 0 atom stereocenters. The number of aryl methyl sites for hydroxylation is 1. The first-order valence-corrected chi connectivity index (χ1v) is 7.42. The highest BCUT2D eigenvalue weighted by Gasteiger charge is 2.13. The molecule has 0 aliphatic heterocycles. The van der Waals surface area contributed by atoms with Gasteiger partial charge < -0.3 is 0 Å². The van der Waals surface area contributed by atoms with Crippen molar-refractivity contribution in [1.29, 1.82) is 0 Å². The molecule has 0 fully saturated rings. The first-order valence-electron chi connectivity index (χ1n) is 7.42. The standard InChI is InChI=1S/C18H16FN3O/c19-16-8-4-7-15(11-16)12-22-18(17(13-23)20-21-22)10-9-14-5-2-1-3-6-14/h1-8,11,13H,9-10,12H2. The van der Waals surface area contributed by atoms with Crippen molar-refractivity contribution in [3.05, 3.63) is 82.9 Å². The zero-order valence-electron chi connectivity index (χ0n) is 12.5. The number of aromatic nitrogens is 3. The van der Waals surface area contributed by atoms with Gasteiger partial charge in [0.25, 0.3) is 0 Å². The normalized spacial score (nSPS) is 10.7. The molecule has 1 aromatic heterocycles. The van der Waals surface area contributed by atoms with Crippen LogP contribution in [0.3, 0.4) is 0 Å². The largest absolute Gasteiger partial charge is 0.296 e. The molecule has 0 unspecified atom stereocenters. The summed E-state index contributed by atoms with van der Waals surface area (Å²) < 4.78 is 15.0. The molecule has 116 valence electrons. The number of aldehydes is 1. The Hall–Kier alpha value is -2.82. The molecule has 0 aliphatic carbocycles. The van der Waals surface area contributed by atoms with E-state index in [9.17, 15) is 9.18 Å². The van der Waals surface area contributed by atoms with Crippen LogP contribution in [0.2, 0.25) is 0 Å². The van der Waals surface area contributed by atoms with Gasteiger partial charge in [-0.25, -0.2) is 9.07 Å². The van der Waals surface area contributed by atoms with Gasteiger partial charge in [0.15, 0.2) is 6.29 Å². The second-order valence-electron chi connectivity index (χ2n) is 5.31. The number of nitrogens with zero attached hydrogens (tertiary/aromatic N) is 3.